The summed E-state index contributed by atoms with van der Waals surface area (Å²) in [5.74, 6) is -0.327. The van der Waals surface area contributed by atoms with Crippen molar-refractivity contribution in [1.82, 2.24) is 0 Å². The number of allylic oxidation sites excluding steroid dienone is 12. The Balaban J connectivity index is 4.27. The number of phosphoric ester groups is 1. The minimum Gasteiger partial charge on any atom is -0.457 e. The first-order valence-corrected chi connectivity index (χ1v) is 25.2. The molecular weight excluding hydrogens is 758 g/mol. The number of nitrogens with zero attached hydrogens (tertiary/aromatic N) is 1. The van der Waals surface area contributed by atoms with Crippen molar-refractivity contribution < 1.29 is 37.3 Å². The van der Waals surface area contributed by atoms with E-state index in [2.05, 4.69) is 86.8 Å². The summed E-state index contributed by atoms with van der Waals surface area (Å²) >= 11 is 0. The van der Waals surface area contributed by atoms with Crippen LogP contribution in [0.4, 0.5) is 0 Å². The smallest absolute Gasteiger partial charge is 0.457 e. The molecule has 8 nitrogen and oxygen atoms in total. The van der Waals surface area contributed by atoms with Crippen molar-refractivity contribution in [2.75, 3.05) is 54.1 Å². The highest BCUT2D eigenvalue weighted by molar-refractivity contribution is 7.47. The van der Waals surface area contributed by atoms with E-state index in [1.165, 1.54) is 77.0 Å². The van der Waals surface area contributed by atoms with E-state index in [1.807, 2.05) is 21.1 Å². The highest BCUT2D eigenvalue weighted by Gasteiger charge is 2.26. The van der Waals surface area contributed by atoms with Crippen molar-refractivity contribution in [1.29, 1.82) is 0 Å². The van der Waals surface area contributed by atoms with Crippen LogP contribution in [0.15, 0.2) is 72.9 Å². The predicted molar refractivity (Wildman–Crippen MR) is 252 cm³/mol. The molecule has 0 aliphatic heterocycles. The quantitative estimate of drug-likeness (QED) is 0.0215. The van der Waals surface area contributed by atoms with Crippen molar-refractivity contribution in [2.24, 2.45) is 0 Å². The van der Waals surface area contributed by atoms with E-state index in [4.69, 9.17) is 18.5 Å². The normalized spacial score (nSPS) is 14.3. The molecule has 0 rings (SSSR count). The van der Waals surface area contributed by atoms with E-state index in [1.54, 1.807) is 0 Å². The van der Waals surface area contributed by atoms with Gasteiger partial charge in [0.1, 0.15) is 19.3 Å². The van der Waals surface area contributed by atoms with Gasteiger partial charge in [-0.3, -0.25) is 13.8 Å². The van der Waals surface area contributed by atoms with Gasteiger partial charge >= 0.3 is 13.8 Å². The Kier molecular flexibility index (Phi) is 41.1. The molecule has 0 radical (unpaired) electrons. The van der Waals surface area contributed by atoms with Crippen molar-refractivity contribution in [3.63, 3.8) is 0 Å². The first-order valence-electron chi connectivity index (χ1n) is 23.7. The minimum atomic E-state index is -4.29. The molecule has 0 spiro atoms. The summed E-state index contributed by atoms with van der Waals surface area (Å²) in [5.41, 5.74) is 0. The molecule has 0 saturated carbocycles. The number of hydrogen-bond donors (Lipinski definition) is 1. The first-order chi connectivity index (χ1) is 28.6. The standard InChI is InChI=1S/C50H90NO7P/c1-6-8-10-12-14-16-18-20-22-23-24-25-26-27-28-30-32-34-36-38-40-42-45-55-47-49(48-57-59(53,54)56-46-44-51(3,4)5)58-50(52)43-41-39-37-35-33-31-29-21-19-17-15-13-11-9-7-2/h8,10,14,16,20,22,24-25,27-28,32,34,49H,6-7,9,11-13,15,17-19,21,23,26,29-31,33,35-48H2,1-5H3/p+1/b10-8-,16-14-,22-20-,25-24-,28-27-,34-32-. The summed E-state index contributed by atoms with van der Waals surface area (Å²) in [7, 11) is 1.64. The van der Waals surface area contributed by atoms with Gasteiger partial charge in [0.15, 0.2) is 0 Å². The molecule has 0 heterocycles. The molecular formula is C50H91NO7P+. The van der Waals surface area contributed by atoms with Crippen LogP contribution in [-0.4, -0.2) is 75.6 Å². The zero-order valence-corrected chi connectivity index (χ0v) is 39.6. The van der Waals surface area contributed by atoms with Crippen molar-refractivity contribution >= 4 is 13.8 Å². The Bertz CT molecular complexity index is 1170. The molecule has 0 saturated heterocycles. The number of likely N-dealkylation sites (N-methyl/N-ethyl adjacent to an activating group) is 1. The lowest BCUT2D eigenvalue weighted by atomic mass is 10.0. The molecule has 0 amide bonds. The number of phosphoric acid groups is 1. The monoisotopic (exact) mass is 849 g/mol. The van der Waals surface area contributed by atoms with Crippen LogP contribution >= 0.6 is 7.82 Å². The number of hydrogen-bond acceptors (Lipinski definition) is 6. The van der Waals surface area contributed by atoms with E-state index in [0.29, 0.717) is 24.1 Å². The molecule has 0 aliphatic carbocycles. The Labute approximate surface area is 363 Å². The van der Waals surface area contributed by atoms with Crippen LogP contribution in [0, 0.1) is 0 Å². The number of carbonyl (C=O) groups is 1. The maximum atomic E-state index is 12.7. The lowest BCUT2D eigenvalue weighted by Gasteiger charge is -2.24. The summed E-state index contributed by atoms with van der Waals surface area (Å²) in [6.07, 6.45) is 55.1. The Morgan fingerprint density at radius 3 is 1.46 bits per heavy atom. The maximum Gasteiger partial charge on any atom is 0.472 e. The molecule has 1 N–H and O–H groups in total. The highest BCUT2D eigenvalue weighted by Crippen LogP contribution is 2.43. The van der Waals surface area contributed by atoms with E-state index in [9.17, 15) is 14.3 Å². The van der Waals surface area contributed by atoms with Crippen molar-refractivity contribution in [3.05, 3.63) is 72.9 Å². The predicted octanol–water partition coefficient (Wildman–Crippen LogP) is 14.3. The minimum absolute atomic E-state index is 0.0794. The molecule has 342 valence electrons. The number of quaternary nitrogens is 1. The SMILES string of the molecule is CC/C=C\C/C=C\C/C=C\C/C=C\C/C=C\C/C=C\CCCCCOCC(COP(=O)(O)OCC[N+](C)(C)C)OC(=O)CCCCCCCCCCCCCCCCC. The van der Waals surface area contributed by atoms with Gasteiger partial charge in [-0.2, -0.15) is 0 Å². The van der Waals surface area contributed by atoms with Gasteiger partial charge in [-0.25, -0.2) is 4.57 Å². The molecule has 0 aliphatic rings. The maximum absolute atomic E-state index is 12.7. The fourth-order valence-corrected chi connectivity index (χ4v) is 6.89. The third-order valence-corrected chi connectivity index (χ3v) is 10.8. The van der Waals surface area contributed by atoms with E-state index in [0.717, 1.165) is 83.5 Å². The average molecular weight is 849 g/mol. The summed E-state index contributed by atoms with van der Waals surface area (Å²) in [6, 6.07) is 0. The van der Waals surface area contributed by atoms with E-state index in [-0.39, 0.29) is 25.8 Å². The second-order valence-electron chi connectivity index (χ2n) is 16.8. The zero-order valence-electron chi connectivity index (χ0n) is 38.7. The van der Waals surface area contributed by atoms with E-state index >= 15 is 0 Å². The van der Waals surface area contributed by atoms with Crippen LogP contribution in [0.5, 0.6) is 0 Å². The van der Waals surface area contributed by atoms with Gasteiger partial charge in [-0.05, 0) is 64.2 Å². The number of unbranched alkanes of at least 4 members (excludes halogenated alkanes) is 17. The van der Waals surface area contributed by atoms with Gasteiger partial charge in [0, 0.05) is 13.0 Å². The van der Waals surface area contributed by atoms with E-state index < -0.39 is 13.9 Å². The number of esters is 1. The van der Waals surface area contributed by atoms with Gasteiger partial charge in [-0.15, -0.1) is 0 Å². The highest BCUT2D eigenvalue weighted by atomic mass is 31.2. The molecule has 0 bridgehead atoms. The van der Waals surface area contributed by atoms with Crippen LogP contribution in [0.1, 0.15) is 181 Å². The van der Waals surface area contributed by atoms with Crippen LogP contribution < -0.4 is 0 Å². The summed E-state index contributed by atoms with van der Waals surface area (Å²) in [5, 5.41) is 0. The number of ether oxygens (including phenoxy) is 2. The number of rotatable bonds is 43. The Morgan fingerprint density at radius 2 is 0.983 bits per heavy atom. The topological polar surface area (TPSA) is 91.3 Å². The second kappa shape index (κ2) is 42.6. The zero-order chi connectivity index (χ0) is 43.4. The second-order valence-corrected chi connectivity index (χ2v) is 18.2. The van der Waals surface area contributed by atoms with Crippen LogP contribution in [-0.2, 0) is 27.9 Å². The first kappa shape index (κ1) is 56.9. The molecule has 0 aromatic rings. The molecule has 59 heavy (non-hydrogen) atoms. The van der Waals surface area contributed by atoms with Crippen molar-refractivity contribution in [3.8, 4) is 0 Å². The summed E-state index contributed by atoms with van der Waals surface area (Å²) < 4.78 is 35.0. The fraction of sp³-hybridized carbons (Fsp3) is 0.740. The van der Waals surface area contributed by atoms with Gasteiger partial charge < -0.3 is 18.9 Å². The lowest BCUT2D eigenvalue weighted by molar-refractivity contribution is -0.870. The van der Waals surface area contributed by atoms with Gasteiger partial charge in [0.2, 0.25) is 0 Å². The van der Waals surface area contributed by atoms with Gasteiger partial charge in [0.05, 0.1) is 34.4 Å². The Morgan fingerprint density at radius 1 is 0.542 bits per heavy atom. The van der Waals surface area contributed by atoms with Crippen LogP contribution in [0.25, 0.3) is 0 Å². The third kappa shape index (κ3) is 46.9. The lowest BCUT2D eigenvalue weighted by Crippen LogP contribution is -2.37. The Hall–Kier alpha value is -2.06. The van der Waals surface area contributed by atoms with Gasteiger partial charge in [0.25, 0.3) is 0 Å². The average Bonchev–Trinajstić information content (AvgIpc) is 3.19. The molecule has 2 unspecified atom stereocenters. The van der Waals surface area contributed by atoms with Crippen LogP contribution in [0.2, 0.25) is 0 Å². The number of carbonyl (C=O) groups excluding carboxylic acids is 1. The van der Waals surface area contributed by atoms with Gasteiger partial charge in [-0.1, -0.05) is 183 Å². The third-order valence-electron chi connectivity index (χ3n) is 9.78. The summed E-state index contributed by atoms with van der Waals surface area (Å²) in [6.45, 7) is 5.42. The van der Waals surface area contributed by atoms with Crippen molar-refractivity contribution in [2.45, 2.75) is 187 Å². The molecule has 0 fully saturated rings. The molecule has 0 aromatic carbocycles. The molecule has 0 aromatic heterocycles. The summed E-state index contributed by atoms with van der Waals surface area (Å²) in [4.78, 5) is 22.9. The fourth-order valence-electron chi connectivity index (χ4n) is 6.14. The molecule has 9 heteroatoms. The largest absolute Gasteiger partial charge is 0.472 e. The van der Waals surface area contributed by atoms with Crippen LogP contribution in [0.3, 0.4) is 0 Å². The molecule has 2 atom stereocenters.